The SMILES string of the molecule is CCOCC1(O)C=CC=CC1CC#N. The van der Waals surface area contributed by atoms with Crippen LogP contribution in [0.15, 0.2) is 24.3 Å². The van der Waals surface area contributed by atoms with Gasteiger partial charge in [0.2, 0.25) is 0 Å². The Morgan fingerprint density at radius 3 is 3.00 bits per heavy atom. The molecule has 0 bridgehead atoms. The Kier molecular flexibility index (Phi) is 3.87. The number of hydrogen-bond donors (Lipinski definition) is 1. The molecule has 1 aliphatic carbocycles. The van der Waals surface area contributed by atoms with Crippen LogP contribution < -0.4 is 0 Å². The number of nitrogens with zero attached hydrogens (tertiary/aromatic N) is 1. The van der Waals surface area contributed by atoms with Gasteiger partial charge in [0.15, 0.2) is 0 Å². The van der Waals surface area contributed by atoms with Gasteiger partial charge in [0.25, 0.3) is 0 Å². The zero-order valence-electron chi connectivity index (χ0n) is 8.31. The van der Waals surface area contributed by atoms with Gasteiger partial charge in [-0.2, -0.15) is 5.26 Å². The summed E-state index contributed by atoms with van der Waals surface area (Å²) in [4.78, 5) is 0. The molecule has 0 radical (unpaired) electrons. The van der Waals surface area contributed by atoms with E-state index < -0.39 is 5.60 Å². The van der Waals surface area contributed by atoms with E-state index >= 15 is 0 Å². The maximum absolute atomic E-state index is 10.2. The van der Waals surface area contributed by atoms with Gasteiger partial charge in [0.05, 0.1) is 12.7 Å². The van der Waals surface area contributed by atoms with Crippen LogP contribution in [0.3, 0.4) is 0 Å². The van der Waals surface area contributed by atoms with Crippen molar-refractivity contribution in [2.24, 2.45) is 5.92 Å². The molecule has 2 unspecified atom stereocenters. The van der Waals surface area contributed by atoms with Gasteiger partial charge in [0, 0.05) is 18.9 Å². The van der Waals surface area contributed by atoms with Crippen molar-refractivity contribution in [3.8, 4) is 6.07 Å². The van der Waals surface area contributed by atoms with Crippen LogP contribution in [0.1, 0.15) is 13.3 Å². The average molecular weight is 193 g/mol. The zero-order chi connectivity index (χ0) is 10.4. The van der Waals surface area contributed by atoms with Gasteiger partial charge in [0.1, 0.15) is 5.60 Å². The molecule has 0 aromatic carbocycles. The highest BCUT2D eigenvalue weighted by Crippen LogP contribution is 2.27. The van der Waals surface area contributed by atoms with Crippen LogP contribution in [0.5, 0.6) is 0 Å². The molecule has 1 rings (SSSR count). The third-order valence-corrected chi connectivity index (χ3v) is 2.33. The monoisotopic (exact) mass is 193 g/mol. The highest BCUT2D eigenvalue weighted by Gasteiger charge is 2.33. The van der Waals surface area contributed by atoms with E-state index in [1.165, 1.54) is 0 Å². The van der Waals surface area contributed by atoms with Gasteiger partial charge in [-0.15, -0.1) is 0 Å². The molecule has 0 fully saturated rings. The fourth-order valence-corrected chi connectivity index (χ4v) is 1.47. The first kappa shape index (κ1) is 11.0. The van der Waals surface area contributed by atoms with E-state index in [-0.39, 0.29) is 12.5 Å². The van der Waals surface area contributed by atoms with Crippen molar-refractivity contribution in [3.05, 3.63) is 24.3 Å². The minimum absolute atomic E-state index is 0.163. The highest BCUT2D eigenvalue weighted by molar-refractivity contribution is 5.22. The van der Waals surface area contributed by atoms with E-state index in [1.54, 1.807) is 12.2 Å². The molecule has 3 nitrogen and oxygen atoms in total. The van der Waals surface area contributed by atoms with Crippen molar-refractivity contribution >= 4 is 0 Å². The smallest absolute Gasteiger partial charge is 0.113 e. The summed E-state index contributed by atoms with van der Waals surface area (Å²) in [7, 11) is 0. The van der Waals surface area contributed by atoms with E-state index in [0.29, 0.717) is 13.0 Å². The molecule has 0 aliphatic heterocycles. The summed E-state index contributed by atoms with van der Waals surface area (Å²) in [6.45, 7) is 2.70. The van der Waals surface area contributed by atoms with Gasteiger partial charge in [-0.3, -0.25) is 0 Å². The normalized spacial score (nSPS) is 30.2. The van der Waals surface area contributed by atoms with E-state index in [2.05, 4.69) is 6.07 Å². The minimum Gasteiger partial charge on any atom is -0.383 e. The molecule has 0 spiro atoms. The molecule has 3 heteroatoms. The summed E-state index contributed by atoms with van der Waals surface area (Å²) in [5.41, 5.74) is -1.01. The predicted octanol–water partition coefficient (Wildman–Crippen LogP) is 1.41. The van der Waals surface area contributed by atoms with Gasteiger partial charge in [-0.1, -0.05) is 24.3 Å². The molecule has 0 saturated carbocycles. The first-order valence-electron chi connectivity index (χ1n) is 4.76. The standard InChI is InChI=1S/C11H15NO2/c1-2-14-9-11(13)7-4-3-5-10(11)6-8-12/h3-5,7,10,13H,2,6,9H2,1H3. The minimum atomic E-state index is -1.01. The van der Waals surface area contributed by atoms with Crippen molar-refractivity contribution in [2.45, 2.75) is 18.9 Å². The Morgan fingerprint density at radius 2 is 2.36 bits per heavy atom. The number of rotatable bonds is 4. The van der Waals surface area contributed by atoms with Crippen LogP contribution in [0.4, 0.5) is 0 Å². The van der Waals surface area contributed by atoms with Crippen LogP contribution in [0.2, 0.25) is 0 Å². The first-order valence-corrected chi connectivity index (χ1v) is 4.76. The van der Waals surface area contributed by atoms with E-state index in [1.807, 2.05) is 19.1 Å². The second-order valence-electron chi connectivity index (χ2n) is 3.34. The van der Waals surface area contributed by atoms with Crippen molar-refractivity contribution in [1.82, 2.24) is 0 Å². The van der Waals surface area contributed by atoms with Crippen molar-refractivity contribution in [2.75, 3.05) is 13.2 Å². The van der Waals surface area contributed by atoms with Gasteiger partial charge in [-0.05, 0) is 6.92 Å². The van der Waals surface area contributed by atoms with Gasteiger partial charge < -0.3 is 9.84 Å². The Labute approximate surface area is 84.3 Å². The van der Waals surface area contributed by atoms with E-state index in [0.717, 1.165) is 0 Å². The third kappa shape index (κ3) is 2.44. The molecule has 0 saturated heterocycles. The van der Waals surface area contributed by atoms with Gasteiger partial charge >= 0.3 is 0 Å². The van der Waals surface area contributed by atoms with Crippen LogP contribution in [-0.2, 0) is 4.74 Å². The quantitative estimate of drug-likeness (QED) is 0.734. The summed E-state index contributed by atoms with van der Waals surface area (Å²) in [6.07, 6.45) is 7.49. The van der Waals surface area contributed by atoms with Crippen LogP contribution >= 0.6 is 0 Å². The first-order chi connectivity index (χ1) is 6.73. The summed E-state index contributed by atoms with van der Waals surface area (Å²) in [5.74, 6) is -0.163. The third-order valence-electron chi connectivity index (χ3n) is 2.33. The Morgan fingerprint density at radius 1 is 1.57 bits per heavy atom. The molecule has 0 amide bonds. The molecule has 0 heterocycles. The second kappa shape index (κ2) is 4.94. The fourth-order valence-electron chi connectivity index (χ4n) is 1.47. The fraction of sp³-hybridized carbons (Fsp3) is 0.545. The zero-order valence-corrected chi connectivity index (χ0v) is 8.31. The molecular formula is C11H15NO2. The summed E-state index contributed by atoms with van der Waals surface area (Å²) >= 11 is 0. The Balaban J connectivity index is 2.67. The molecule has 76 valence electrons. The lowest BCUT2D eigenvalue weighted by molar-refractivity contribution is -0.0357. The van der Waals surface area contributed by atoms with Crippen LogP contribution in [0, 0.1) is 17.2 Å². The topological polar surface area (TPSA) is 53.2 Å². The summed E-state index contributed by atoms with van der Waals surface area (Å²) in [6, 6.07) is 2.07. The lowest BCUT2D eigenvalue weighted by atomic mass is 9.82. The second-order valence-corrected chi connectivity index (χ2v) is 3.34. The molecule has 1 aliphatic rings. The maximum atomic E-state index is 10.2. The number of hydrogen-bond acceptors (Lipinski definition) is 3. The van der Waals surface area contributed by atoms with Gasteiger partial charge in [-0.25, -0.2) is 0 Å². The summed E-state index contributed by atoms with van der Waals surface area (Å²) in [5, 5.41) is 18.8. The van der Waals surface area contributed by atoms with Crippen LogP contribution in [0.25, 0.3) is 0 Å². The lowest BCUT2D eigenvalue weighted by Crippen LogP contribution is -2.40. The highest BCUT2D eigenvalue weighted by atomic mass is 16.5. The van der Waals surface area contributed by atoms with E-state index in [4.69, 9.17) is 10.00 Å². The van der Waals surface area contributed by atoms with Crippen molar-refractivity contribution in [1.29, 1.82) is 5.26 Å². The summed E-state index contributed by atoms with van der Waals surface area (Å²) < 4.78 is 5.21. The largest absolute Gasteiger partial charge is 0.383 e. The molecule has 14 heavy (non-hydrogen) atoms. The molecule has 2 atom stereocenters. The number of nitriles is 1. The molecule has 0 aromatic heterocycles. The lowest BCUT2D eigenvalue weighted by Gasteiger charge is -2.31. The maximum Gasteiger partial charge on any atom is 0.113 e. The number of aliphatic hydroxyl groups is 1. The van der Waals surface area contributed by atoms with Crippen molar-refractivity contribution < 1.29 is 9.84 Å². The van der Waals surface area contributed by atoms with E-state index in [9.17, 15) is 5.11 Å². The Bertz CT molecular complexity index is 278. The molecular weight excluding hydrogens is 178 g/mol. The van der Waals surface area contributed by atoms with Crippen molar-refractivity contribution in [3.63, 3.8) is 0 Å². The number of ether oxygens (including phenoxy) is 1. The molecule has 0 aromatic rings. The molecule has 1 N–H and O–H groups in total. The van der Waals surface area contributed by atoms with Crippen LogP contribution in [-0.4, -0.2) is 23.9 Å². The average Bonchev–Trinajstić information content (AvgIpc) is 2.19. The number of allylic oxidation sites excluding steroid dienone is 2. The Hall–Kier alpha value is -1.11. The predicted molar refractivity (Wildman–Crippen MR) is 53.4 cm³/mol.